The molecule has 0 heterocycles. The van der Waals surface area contributed by atoms with E-state index in [1.807, 2.05) is 0 Å². The molecule has 9 heteroatoms. The molecule has 1 saturated carbocycles. The first-order chi connectivity index (χ1) is 10.6. The SMILES string of the molecule is COCC(C)(NC(=O)CS(=O)(=O)NC1CCC(C)CC1)C(=O)O. The Kier molecular flexibility index (Phi) is 6.97. The number of methoxy groups -OCH3 is 1. The van der Waals surface area contributed by atoms with Gasteiger partial charge in [0.1, 0.15) is 5.75 Å². The lowest BCUT2D eigenvalue weighted by molar-refractivity contribution is -0.148. The molecule has 134 valence electrons. The second-order valence-corrected chi connectivity index (χ2v) is 8.21. The van der Waals surface area contributed by atoms with E-state index in [1.165, 1.54) is 14.0 Å². The van der Waals surface area contributed by atoms with Crippen LogP contribution in [0, 0.1) is 5.92 Å². The predicted molar refractivity (Wildman–Crippen MR) is 84.4 cm³/mol. The molecule has 0 radical (unpaired) electrons. The normalized spacial score (nSPS) is 24.7. The van der Waals surface area contributed by atoms with Crippen molar-refractivity contribution in [2.75, 3.05) is 19.5 Å². The van der Waals surface area contributed by atoms with Crippen LogP contribution in [0.1, 0.15) is 39.5 Å². The summed E-state index contributed by atoms with van der Waals surface area (Å²) < 4.78 is 31.4. The maximum Gasteiger partial charge on any atom is 0.331 e. The first-order valence-electron chi connectivity index (χ1n) is 7.61. The Labute approximate surface area is 137 Å². The van der Waals surface area contributed by atoms with Crippen LogP contribution in [0.2, 0.25) is 0 Å². The van der Waals surface area contributed by atoms with Gasteiger partial charge in [-0.05, 0) is 38.5 Å². The van der Waals surface area contributed by atoms with Crippen LogP contribution in [0.3, 0.4) is 0 Å². The zero-order valence-corrected chi connectivity index (χ0v) is 14.6. The second-order valence-electron chi connectivity index (χ2n) is 6.45. The van der Waals surface area contributed by atoms with Crippen LogP contribution in [-0.2, 0) is 24.3 Å². The molecule has 0 aromatic heterocycles. The van der Waals surface area contributed by atoms with Gasteiger partial charge in [-0.2, -0.15) is 0 Å². The molecular weight excluding hydrogens is 324 g/mol. The van der Waals surface area contributed by atoms with Crippen LogP contribution in [-0.4, -0.2) is 56.5 Å². The number of hydrogen-bond acceptors (Lipinski definition) is 5. The smallest absolute Gasteiger partial charge is 0.331 e. The first kappa shape index (κ1) is 19.9. The molecule has 0 aromatic rings. The average molecular weight is 350 g/mol. The van der Waals surface area contributed by atoms with E-state index in [4.69, 9.17) is 9.84 Å². The quantitative estimate of drug-likeness (QED) is 0.570. The monoisotopic (exact) mass is 350 g/mol. The van der Waals surface area contributed by atoms with E-state index in [1.54, 1.807) is 0 Å². The number of hydrogen-bond donors (Lipinski definition) is 3. The van der Waals surface area contributed by atoms with Crippen molar-refractivity contribution in [1.29, 1.82) is 0 Å². The molecule has 8 nitrogen and oxygen atoms in total. The fraction of sp³-hybridized carbons (Fsp3) is 0.857. The minimum Gasteiger partial charge on any atom is -0.479 e. The van der Waals surface area contributed by atoms with Crippen LogP contribution < -0.4 is 10.0 Å². The third-order valence-electron chi connectivity index (χ3n) is 4.00. The van der Waals surface area contributed by atoms with Crippen LogP contribution >= 0.6 is 0 Å². The molecule has 1 amide bonds. The Balaban J connectivity index is 2.59. The summed E-state index contributed by atoms with van der Waals surface area (Å²) in [5.74, 6) is -2.38. The van der Waals surface area contributed by atoms with Crippen LogP contribution in [0.25, 0.3) is 0 Å². The molecule has 0 spiro atoms. The molecule has 0 bridgehead atoms. The van der Waals surface area contributed by atoms with Crippen molar-refractivity contribution in [3.05, 3.63) is 0 Å². The second kappa shape index (κ2) is 8.07. The Bertz CT molecular complexity index is 527. The van der Waals surface area contributed by atoms with E-state index in [0.717, 1.165) is 25.7 Å². The lowest BCUT2D eigenvalue weighted by Crippen LogP contribution is -2.57. The van der Waals surface area contributed by atoms with Gasteiger partial charge in [-0.1, -0.05) is 6.92 Å². The zero-order valence-electron chi connectivity index (χ0n) is 13.8. The number of carbonyl (C=O) groups is 2. The highest BCUT2D eigenvalue weighted by atomic mass is 32.2. The van der Waals surface area contributed by atoms with Crippen molar-refractivity contribution in [3.8, 4) is 0 Å². The highest BCUT2D eigenvalue weighted by Gasteiger charge is 2.36. The van der Waals surface area contributed by atoms with Crippen LogP contribution in [0.4, 0.5) is 0 Å². The number of carboxylic acids is 1. The number of ether oxygens (including phenoxy) is 1. The van der Waals surface area contributed by atoms with Crippen molar-refractivity contribution in [3.63, 3.8) is 0 Å². The molecule has 1 aliphatic carbocycles. The van der Waals surface area contributed by atoms with Gasteiger partial charge < -0.3 is 15.2 Å². The van der Waals surface area contributed by atoms with E-state index < -0.39 is 33.2 Å². The summed E-state index contributed by atoms with van der Waals surface area (Å²) in [6.45, 7) is 3.13. The van der Waals surface area contributed by atoms with E-state index in [9.17, 15) is 18.0 Å². The van der Waals surface area contributed by atoms with Gasteiger partial charge in [-0.25, -0.2) is 17.9 Å². The molecular formula is C14H26N2O6S. The van der Waals surface area contributed by atoms with Crippen LogP contribution in [0.5, 0.6) is 0 Å². The number of rotatable bonds is 8. The molecule has 0 aromatic carbocycles. The topological polar surface area (TPSA) is 122 Å². The number of nitrogens with one attached hydrogen (secondary N) is 2. The number of carbonyl (C=O) groups excluding carboxylic acids is 1. The molecule has 1 rings (SSSR count). The summed E-state index contributed by atoms with van der Waals surface area (Å²) in [6, 6.07) is -0.158. The van der Waals surface area contributed by atoms with E-state index in [-0.39, 0.29) is 12.6 Å². The molecule has 3 N–H and O–H groups in total. The maximum atomic E-state index is 12.1. The molecule has 1 atom stereocenters. The van der Waals surface area contributed by atoms with Crippen LogP contribution in [0.15, 0.2) is 0 Å². The minimum absolute atomic E-state index is 0.158. The van der Waals surface area contributed by atoms with Gasteiger partial charge in [-0.3, -0.25) is 4.79 Å². The first-order valence-corrected chi connectivity index (χ1v) is 9.26. The lowest BCUT2D eigenvalue weighted by Gasteiger charge is -2.27. The number of carboxylic acid groups (broad SMARTS) is 1. The highest BCUT2D eigenvalue weighted by Crippen LogP contribution is 2.23. The number of sulfonamides is 1. The maximum absolute atomic E-state index is 12.1. The Morgan fingerprint density at radius 2 is 1.83 bits per heavy atom. The van der Waals surface area contributed by atoms with Crippen molar-refractivity contribution in [2.24, 2.45) is 5.92 Å². The van der Waals surface area contributed by atoms with Crippen molar-refractivity contribution in [2.45, 2.75) is 51.1 Å². The number of amides is 1. The standard InChI is InChI=1S/C14H26N2O6S/c1-10-4-6-11(7-5-10)16-23(20,21)8-12(17)15-14(2,9-22-3)13(18)19/h10-11,16H,4-9H2,1-3H3,(H,15,17)(H,18,19). The minimum atomic E-state index is -3.81. The summed E-state index contributed by atoms with van der Waals surface area (Å²) in [6.07, 6.45) is 3.39. The number of aliphatic carboxylic acids is 1. The highest BCUT2D eigenvalue weighted by molar-refractivity contribution is 7.90. The molecule has 0 saturated heterocycles. The molecule has 1 unspecified atom stereocenters. The van der Waals surface area contributed by atoms with Crippen molar-refractivity contribution in [1.82, 2.24) is 10.0 Å². The lowest BCUT2D eigenvalue weighted by atomic mass is 9.88. The summed E-state index contributed by atoms with van der Waals surface area (Å²) in [5, 5.41) is 11.3. The predicted octanol–water partition coefficient (Wildman–Crippen LogP) is 0.0904. The van der Waals surface area contributed by atoms with Gasteiger partial charge in [-0.15, -0.1) is 0 Å². The zero-order chi connectivity index (χ0) is 17.7. The fourth-order valence-corrected chi connectivity index (χ4v) is 3.87. The van der Waals surface area contributed by atoms with Gasteiger partial charge in [0.25, 0.3) is 0 Å². The van der Waals surface area contributed by atoms with E-state index >= 15 is 0 Å². The molecule has 0 aliphatic heterocycles. The van der Waals surface area contributed by atoms with Gasteiger partial charge in [0.2, 0.25) is 15.9 Å². The summed E-state index contributed by atoms with van der Waals surface area (Å²) in [4.78, 5) is 23.1. The van der Waals surface area contributed by atoms with Crippen molar-refractivity contribution < 1.29 is 27.9 Å². The molecule has 1 aliphatic rings. The summed E-state index contributed by atoms with van der Waals surface area (Å²) in [7, 11) is -2.51. The third-order valence-corrected chi connectivity index (χ3v) is 5.34. The average Bonchev–Trinajstić information content (AvgIpc) is 2.40. The Morgan fingerprint density at radius 3 is 2.30 bits per heavy atom. The molecule has 23 heavy (non-hydrogen) atoms. The van der Waals surface area contributed by atoms with Gasteiger partial charge >= 0.3 is 5.97 Å². The Morgan fingerprint density at radius 1 is 1.26 bits per heavy atom. The third kappa shape index (κ3) is 6.44. The van der Waals surface area contributed by atoms with E-state index in [0.29, 0.717) is 5.92 Å². The van der Waals surface area contributed by atoms with Gasteiger partial charge in [0.05, 0.1) is 6.61 Å². The molecule has 1 fully saturated rings. The largest absolute Gasteiger partial charge is 0.479 e. The fourth-order valence-electron chi connectivity index (χ4n) is 2.63. The summed E-state index contributed by atoms with van der Waals surface area (Å²) >= 11 is 0. The Hall–Kier alpha value is -1.19. The van der Waals surface area contributed by atoms with E-state index in [2.05, 4.69) is 17.0 Å². The van der Waals surface area contributed by atoms with Gasteiger partial charge in [0, 0.05) is 13.2 Å². The van der Waals surface area contributed by atoms with Gasteiger partial charge in [0.15, 0.2) is 5.54 Å². The van der Waals surface area contributed by atoms with Crippen molar-refractivity contribution >= 4 is 21.9 Å². The summed E-state index contributed by atoms with van der Waals surface area (Å²) in [5.41, 5.74) is -1.67.